The molecular weight excluding hydrogens is 325 g/mol. The number of hydrogen-bond donors (Lipinski definition) is 1. The third-order valence-electron chi connectivity index (χ3n) is 4.41. The van der Waals surface area contributed by atoms with Crippen molar-refractivity contribution in [3.05, 3.63) is 40.5 Å². The van der Waals surface area contributed by atoms with Gasteiger partial charge in [-0.25, -0.2) is 0 Å². The molecule has 1 aromatic carbocycles. The third-order valence-corrected chi connectivity index (χ3v) is 4.65. The Bertz CT molecular complexity index is 685. The average Bonchev–Trinajstić information content (AvgIpc) is 2.94. The van der Waals surface area contributed by atoms with Crippen molar-refractivity contribution >= 4 is 24.0 Å². The van der Waals surface area contributed by atoms with Crippen molar-refractivity contribution in [3.63, 3.8) is 0 Å². The van der Waals surface area contributed by atoms with Gasteiger partial charge in [0.15, 0.2) is 5.82 Å². The molecule has 0 saturated heterocycles. The molecule has 4 rings (SSSR count). The molecule has 1 aliphatic carbocycles. The minimum atomic E-state index is -0.390. The van der Waals surface area contributed by atoms with E-state index in [-0.39, 0.29) is 18.3 Å². The molecule has 1 fully saturated rings. The van der Waals surface area contributed by atoms with E-state index in [1.807, 2.05) is 18.2 Å². The van der Waals surface area contributed by atoms with Crippen molar-refractivity contribution in [2.75, 3.05) is 6.61 Å². The van der Waals surface area contributed by atoms with Gasteiger partial charge in [0.2, 0.25) is 5.89 Å². The van der Waals surface area contributed by atoms with E-state index in [0.717, 1.165) is 37.0 Å². The Labute approximate surface area is 139 Å². The molecule has 1 atom stereocenters. The lowest BCUT2D eigenvalue weighted by molar-refractivity contribution is 0.220. The summed E-state index contributed by atoms with van der Waals surface area (Å²) in [4.78, 5) is 4.51. The van der Waals surface area contributed by atoms with E-state index >= 15 is 0 Å². The molecule has 1 aliphatic heterocycles. The van der Waals surface area contributed by atoms with Gasteiger partial charge in [-0.2, -0.15) is 4.98 Å². The summed E-state index contributed by atoms with van der Waals surface area (Å²) in [6, 6.07) is 5.66. The fourth-order valence-electron chi connectivity index (χ4n) is 2.91. The second kappa shape index (κ2) is 5.72. The highest BCUT2D eigenvalue weighted by atomic mass is 35.5. The molecule has 5 nitrogen and oxygen atoms in total. The number of ether oxygens (including phenoxy) is 1. The summed E-state index contributed by atoms with van der Waals surface area (Å²) in [6.45, 7) is 0.536. The number of aromatic nitrogens is 2. The van der Waals surface area contributed by atoms with Crippen LogP contribution in [0.1, 0.15) is 42.5 Å². The van der Waals surface area contributed by atoms with Gasteiger partial charge in [0, 0.05) is 5.02 Å². The molecule has 0 amide bonds. The number of nitrogens with zero attached hydrogens (tertiary/aromatic N) is 2. The van der Waals surface area contributed by atoms with Crippen LogP contribution in [0, 0.1) is 0 Å². The Balaban J connectivity index is 0.00000144. The molecule has 7 heteroatoms. The number of nitrogens with two attached hydrogens (primary N) is 1. The van der Waals surface area contributed by atoms with Gasteiger partial charge < -0.3 is 15.0 Å². The number of fused-ring (bicyclic) bond motifs is 1. The smallest absolute Gasteiger partial charge is 0.233 e. The van der Waals surface area contributed by atoms with Crippen LogP contribution in [-0.4, -0.2) is 16.7 Å². The molecule has 1 saturated carbocycles. The Morgan fingerprint density at radius 3 is 2.86 bits per heavy atom. The molecule has 2 aromatic rings. The maximum Gasteiger partial charge on any atom is 0.233 e. The van der Waals surface area contributed by atoms with Gasteiger partial charge in [0.25, 0.3) is 0 Å². The van der Waals surface area contributed by atoms with Crippen LogP contribution in [0.5, 0.6) is 5.75 Å². The third kappa shape index (κ3) is 2.57. The molecule has 1 unspecified atom stereocenters. The van der Waals surface area contributed by atoms with Gasteiger partial charge in [-0.3, -0.25) is 0 Å². The topological polar surface area (TPSA) is 74.2 Å². The first-order chi connectivity index (χ1) is 10.1. The van der Waals surface area contributed by atoms with E-state index in [4.69, 9.17) is 26.6 Å². The summed E-state index contributed by atoms with van der Waals surface area (Å²) in [5.74, 6) is 2.17. The van der Waals surface area contributed by atoms with Crippen LogP contribution in [0.3, 0.4) is 0 Å². The van der Waals surface area contributed by atoms with Crippen molar-refractivity contribution in [2.24, 2.45) is 5.73 Å². The summed E-state index contributed by atoms with van der Waals surface area (Å²) in [7, 11) is 0. The average molecular weight is 342 g/mol. The van der Waals surface area contributed by atoms with Crippen molar-refractivity contribution in [1.82, 2.24) is 10.1 Å². The van der Waals surface area contributed by atoms with Gasteiger partial charge >= 0.3 is 0 Å². The van der Waals surface area contributed by atoms with E-state index < -0.39 is 5.54 Å². The number of rotatable bonds is 2. The monoisotopic (exact) mass is 341 g/mol. The number of halogens is 2. The van der Waals surface area contributed by atoms with Crippen molar-refractivity contribution in [2.45, 2.75) is 37.1 Å². The maximum atomic E-state index is 6.23. The lowest BCUT2D eigenvalue weighted by Crippen LogP contribution is -2.44. The highest BCUT2D eigenvalue weighted by Gasteiger charge is 2.39. The maximum absolute atomic E-state index is 6.23. The van der Waals surface area contributed by atoms with E-state index in [0.29, 0.717) is 23.3 Å². The van der Waals surface area contributed by atoms with E-state index in [1.54, 1.807) is 0 Å². The predicted octanol–water partition coefficient (Wildman–Crippen LogP) is 3.20. The highest BCUT2D eigenvalue weighted by Crippen LogP contribution is 2.38. The quantitative estimate of drug-likeness (QED) is 0.907. The molecule has 2 heterocycles. The van der Waals surface area contributed by atoms with Gasteiger partial charge in [0.05, 0.1) is 11.5 Å². The lowest BCUT2D eigenvalue weighted by atomic mass is 9.77. The molecule has 0 spiro atoms. The summed E-state index contributed by atoms with van der Waals surface area (Å²) in [5.41, 5.74) is 6.91. The summed E-state index contributed by atoms with van der Waals surface area (Å²) >= 11 is 6.04. The molecule has 1 aromatic heterocycles. The van der Waals surface area contributed by atoms with Crippen LogP contribution in [0.15, 0.2) is 22.7 Å². The van der Waals surface area contributed by atoms with Gasteiger partial charge in [0.1, 0.15) is 12.4 Å². The zero-order valence-corrected chi connectivity index (χ0v) is 13.5. The molecule has 118 valence electrons. The summed E-state index contributed by atoms with van der Waals surface area (Å²) in [5, 5.41) is 4.77. The number of benzene rings is 1. The normalized spacial score (nSPS) is 22.0. The van der Waals surface area contributed by atoms with Crippen molar-refractivity contribution < 1.29 is 9.26 Å². The van der Waals surface area contributed by atoms with Crippen molar-refractivity contribution in [3.8, 4) is 5.75 Å². The minimum absolute atomic E-state index is 0. The van der Waals surface area contributed by atoms with E-state index in [9.17, 15) is 0 Å². The van der Waals surface area contributed by atoms with Crippen LogP contribution in [0.2, 0.25) is 5.02 Å². The molecule has 0 radical (unpaired) electrons. The highest BCUT2D eigenvalue weighted by molar-refractivity contribution is 6.30. The molecular formula is C15H17Cl2N3O2. The SMILES string of the molecule is Cl.NC1(c2noc(C3COc4ccc(Cl)cc4C3)n2)CCC1. The molecule has 2 N–H and O–H groups in total. The van der Waals surface area contributed by atoms with Gasteiger partial charge in [-0.05, 0) is 49.4 Å². The van der Waals surface area contributed by atoms with Gasteiger partial charge in [-0.15, -0.1) is 12.4 Å². The Kier molecular flexibility index (Phi) is 4.05. The first kappa shape index (κ1) is 15.6. The molecule has 0 bridgehead atoms. The van der Waals surface area contributed by atoms with Crippen LogP contribution in [-0.2, 0) is 12.0 Å². The lowest BCUT2D eigenvalue weighted by Gasteiger charge is -2.34. The zero-order valence-electron chi connectivity index (χ0n) is 11.9. The largest absolute Gasteiger partial charge is 0.492 e. The van der Waals surface area contributed by atoms with Crippen molar-refractivity contribution in [1.29, 1.82) is 0 Å². The van der Waals surface area contributed by atoms with Crippen LogP contribution < -0.4 is 10.5 Å². The fourth-order valence-corrected chi connectivity index (χ4v) is 3.10. The second-order valence-electron chi connectivity index (χ2n) is 5.93. The summed E-state index contributed by atoms with van der Waals surface area (Å²) < 4.78 is 11.2. The number of hydrogen-bond acceptors (Lipinski definition) is 5. The minimum Gasteiger partial charge on any atom is -0.492 e. The van der Waals surface area contributed by atoms with Crippen LogP contribution in [0.4, 0.5) is 0 Å². The first-order valence-electron chi connectivity index (χ1n) is 7.18. The van der Waals surface area contributed by atoms with E-state index in [2.05, 4.69) is 10.1 Å². The van der Waals surface area contributed by atoms with E-state index in [1.165, 1.54) is 0 Å². The Morgan fingerprint density at radius 2 is 2.14 bits per heavy atom. The van der Waals surface area contributed by atoms with Crippen LogP contribution in [0.25, 0.3) is 0 Å². The molecule has 2 aliphatic rings. The standard InChI is InChI=1S/C15H16ClN3O2.ClH/c16-11-2-3-12-9(7-11)6-10(8-20-12)13-18-14(19-21-13)15(17)4-1-5-15;/h2-3,7,10H,1,4-6,8,17H2;1H. The van der Waals surface area contributed by atoms with Crippen LogP contribution >= 0.6 is 24.0 Å². The Morgan fingerprint density at radius 1 is 1.32 bits per heavy atom. The van der Waals surface area contributed by atoms with Gasteiger partial charge in [-0.1, -0.05) is 16.8 Å². The fraction of sp³-hybridized carbons (Fsp3) is 0.467. The predicted molar refractivity (Wildman–Crippen MR) is 84.7 cm³/mol. The summed E-state index contributed by atoms with van der Waals surface area (Å²) in [6.07, 6.45) is 3.76. The first-order valence-corrected chi connectivity index (χ1v) is 7.56. The Hall–Kier alpha value is -1.30. The zero-order chi connectivity index (χ0) is 14.4. The molecule has 22 heavy (non-hydrogen) atoms. The second-order valence-corrected chi connectivity index (χ2v) is 6.37.